The first-order valence-electron chi connectivity index (χ1n) is 4.37. The average molecular weight is 209 g/mol. The smallest absolute Gasteiger partial charge is 0.282 e. The number of halogens is 2. The Labute approximate surface area is 85.1 Å². The highest BCUT2D eigenvalue weighted by Gasteiger charge is 2.11. The lowest BCUT2D eigenvalue weighted by atomic mass is 10.3. The lowest BCUT2D eigenvalue weighted by Gasteiger charge is -2.04. The maximum absolute atomic E-state index is 12.3. The highest BCUT2D eigenvalue weighted by atomic mass is 19.3. The molecule has 0 aliphatic carbocycles. The van der Waals surface area contributed by atoms with Crippen molar-refractivity contribution in [3.63, 3.8) is 0 Å². The van der Waals surface area contributed by atoms with Crippen molar-refractivity contribution in [2.75, 3.05) is 5.73 Å². The molecule has 0 amide bonds. The molecule has 0 unspecified atom stereocenters. The molecular formula is C10H9F2N3. The van der Waals surface area contributed by atoms with E-state index in [4.69, 9.17) is 5.73 Å². The Morgan fingerprint density at radius 3 is 2.53 bits per heavy atom. The van der Waals surface area contributed by atoms with Gasteiger partial charge in [-0.15, -0.1) is 0 Å². The predicted octanol–water partition coefficient (Wildman–Crippen LogP) is 2.39. The number of anilines is 1. The minimum Gasteiger partial charge on any atom is -0.397 e. The fraction of sp³-hybridized carbons (Fsp3) is 0.100. The van der Waals surface area contributed by atoms with Crippen molar-refractivity contribution >= 4 is 5.69 Å². The summed E-state index contributed by atoms with van der Waals surface area (Å²) in [4.78, 5) is 0. The van der Waals surface area contributed by atoms with Crippen molar-refractivity contribution in [3.8, 4) is 5.69 Å². The van der Waals surface area contributed by atoms with Crippen molar-refractivity contribution in [2.24, 2.45) is 0 Å². The van der Waals surface area contributed by atoms with Gasteiger partial charge in [-0.1, -0.05) is 12.1 Å². The first-order chi connectivity index (χ1) is 7.18. The van der Waals surface area contributed by atoms with E-state index in [0.29, 0.717) is 11.4 Å². The Morgan fingerprint density at radius 1 is 1.20 bits per heavy atom. The zero-order valence-corrected chi connectivity index (χ0v) is 7.77. The molecule has 0 aliphatic rings. The van der Waals surface area contributed by atoms with Gasteiger partial charge < -0.3 is 5.73 Å². The minimum absolute atomic E-state index is 0.252. The molecule has 5 heteroatoms. The van der Waals surface area contributed by atoms with Crippen LogP contribution >= 0.6 is 0 Å². The van der Waals surface area contributed by atoms with Gasteiger partial charge in [-0.3, -0.25) is 0 Å². The van der Waals surface area contributed by atoms with E-state index < -0.39 is 6.43 Å². The Bertz CT molecular complexity index is 465. The highest BCUT2D eigenvalue weighted by molar-refractivity contribution is 5.56. The number of hydrogen-bond acceptors (Lipinski definition) is 2. The van der Waals surface area contributed by atoms with Crippen LogP contribution in [0.4, 0.5) is 14.5 Å². The molecule has 0 bridgehead atoms. The summed E-state index contributed by atoms with van der Waals surface area (Å²) in [6.07, 6.45) is -1.09. The SMILES string of the molecule is Nc1ccccc1-n1ccc(C(F)F)n1. The number of para-hydroxylation sites is 2. The third-order valence-electron chi connectivity index (χ3n) is 2.02. The van der Waals surface area contributed by atoms with Crippen molar-refractivity contribution in [3.05, 3.63) is 42.2 Å². The molecule has 2 N–H and O–H groups in total. The maximum Gasteiger partial charge on any atom is 0.282 e. The first-order valence-corrected chi connectivity index (χ1v) is 4.37. The molecule has 1 aromatic heterocycles. The quantitative estimate of drug-likeness (QED) is 0.772. The third-order valence-corrected chi connectivity index (χ3v) is 2.02. The lowest BCUT2D eigenvalue weighted by molar-refractivity contribution is 0.145. The average Bonchev–Trinajstić information content (AvgIpc) is 2.67. The number of rotatable bonds is 2. The number of nitrogens with zero attached hydrogens (tertiary/aromatic N) is 2. The molecule has 0 saturated heterocycles. The number of nitrogens with two attached hydrogens (primary N) is 1. The Morgan fingerprint density at radius 2 is 1.93 bits per heavy atom. The van der Waals surface area contributed by atoms with Gasteiger partial charge >= 0.3 is 0 Å². The van der Waals surface area contributed by atoms with E-state index in [-0.39, 0.29) is 5.69 Å². The molecule has 0 spiro atoms. The van der Waals surface area contributed by atoms with Gasteiger partial charge in [0.2, 0.25) is 0 Å². The van der Waals surface area contributed by atoms with E-state index in [1.54, 1.807) is 24.3 Å². The van der Waals surface area contributed by atoms with E-state index >= 15 is 0 Å². The Hall–Kier alpha value is -1.91. The van der Waals surface area contributed by atoms with Crippen LogP contribution in [0.15, 0.2) is 36.5 Å². The molecular weight excluding hydrogens is 200 g/mol. The molecule has 1 aromatic carbocycles. The molecule has 3 nitrogen and oxygen atoms in total. The first kappa shape index (κ1) is 9.64. The van der Waals surface area contributed by atoms with Crippen LogP contribution < -0.4 is 5.73 Å². The number of alkyl halides is 2. The van der Waals surface area contributed by atoms with Crippen LogP contribution in [0.1, 0.15) is 12.1 Å². The standard InChI is InChI=1S/C10H9F2N3/c11-10(12)8-5-6-15(14-8)9-4-2-1-3-7(9)13/h1-6,10H,13H2. The summed E-state index contributed by atoms with van der Waals surface area (Å²) in [5.41, 5.74) is 6.54. The summed E-state index contributed by atoms with van der Waals surface area (Å²) in [5, 5.41) is 3.73. The molecule has 0 fully saturated rings. The van der Waals surface area contributed by atoms with E-state index in [9.17, 15) is 8.78 Å². The van der Waals surface area contributed by atoms with Crippen molar-refractivity contribution in [2.45, 2.75) is 6.43 Å². The van der Waals surface area contributed by atoms with E-state index in [2.05, 4.69) is 5.10 Å². The molecule has 2 aromatic rings. The molecule has 0 saturated carbocycles. The van der Waals surface area contributed by atoms with Gasteiger partial charge in [0.05, 0.1) is 11.4 Å². The monoisotopic (exact) mass is 209 g/mol. The Balaban J connectivity index is 2.42. The van der Waals surface area contributed by atoms with Gasteiger partial charge in [-0.25, -0.2) is 13.5 Å². The van der Waals surface area contributed by atoms with Crippen LogP contribution in [0.5, 0.6) is 0 Å². The van der Waals surface area contributed by atoms with E-state index in [1.807, 2.05) is 0 Å². The number of hydrogen-bond donors (Lipinski definition) is 1. The third kappa shape index (κ3) is 1.81. The van der Waals surface area contributed by atoms with Crippen LogP contribution in [-0.4, -0.2) is 9.78 Å². The number of benzene rings is 1. The van der Waals surface area contributed by atoms with Gasteiger partial charge in [-0.2, -0.15) is 5.10 Å². The van der Waals surface area contributed by atoms with Gasteiger partial charge in [0.1, 0.15) is 5.69 Å². The Kier molecular flexibility index (Phi) is 2.37. The summed E-state index contributed by atoms with van der Waals surface area (Å²) in [6, 6.07) is 8.24. The summed E-state index contributed by atoms with van der Waals surface area (Å²) in [5.74, 6) is 0. The van der Waals surface area contributed by atoms with Crippen LogP contribution in [0.25, 0.3) is 5.69 Å². The topological polar surface area (TPSA) is 43.8 Å². The molecule has 0 radical (unpaired) electrons. The fourth-order valence-corrected chi connectivity index (χ4v) is 1.28. The zero-order valence-electron chi connectivity index (χ0n) is 7.77. The van der Waals surface area contributed by atoms with Gasteiger partial charge in [-0.05, 0) is 18.2 Å². The second kappa shape index (κ2) is 3.68. The lowest BCUT2D eigenvalue weighted by Crippen LogP contribution is -2.00. The normalized spacial score (nSPS) is 10.9. The molecule has 0 atom stereocenters. The maximum atomic E-state index is 12.3. The molecule has 78 valence electrons. The van der Waals surface area contributed by atoms with Crippen molar-refractivity contribution in [1.29, 1.82) is 0 Å². The molecule has 0 aliphatic heterocycles. The summed E-state index contributed by atoms with van der Waals surface area (Å²) in [7, 11) is 0. The number of aromatic nitrogens is 2. The predicted molar refractivity (Wildman–Crippen MR) is 52.9 cm³/mol. The summed E-state index contributed by atoms with van der Waals surface area (Å²) in [6.45, 7) is 0. The second-order valence-electron chi connectivity index (χ2n) is 3.04. The van der Waals surface area contributed by atoms with E-state index in [0.717, 1.165) is 0 Å². The van der Waals surface area contributed by atoms with Crippen LogP contribution in [-0.2, 0) is 0 Å². The van der Waals surface area contributed by atoms with Gasteiger partial charge in [0.15, 0.2) is 0 Å². The van der Waals surface area contributed by atoms with Crippen molar-refractivity contribution in [1.82, 2.24) is 9.78 Å². The fourth-order valence-electron chi connectivity index (χ4n) is 1.28. The van der Waals surface area contributed by atoms with Gasteiger partial charge in [0.25, 0.3) is 6.43 Å². The molecule has 15 heavy (non-hydrogen) atoms. The van der Waals surface area contributed by atoms with Crippen LogP contribution in [0.3, 0.4) is 0 Å². The molecule has 1 heterocycles. The zero-order chi connectivity index (χ0) is 10.8. The molecule has 2 rings (SSSR count). The van der Waals surface area contributed by atoms with Crippen molar-refractivity contribution < 1.29 is 8.78 Å². The van der Waals surface area contributed by atoms with Crippen LogP contribution in [0.2, 0.25) is 0 Å². The summed E-state index contributed by atoms with van der Waals surface area (Å²) < 4.78 is 25.9. The minimum atomic E-state index is -2.56. The van der Waals surface area contributed by atoms with E-state index in [1.165, 1.54) is 16.9 Å². The summed E-state index contributed by atoms with van der Waals surface area (Å²) >= 11 is 0. The second-order valence-corrected chi connectivity index (χ2v) is 3.04. The van der Waals surface area contributed by atoms with Crippen LogP contribution in [0, 0.1) is 0 Å². The number of nitrogen functional groups attached to an aromatic ring is 1. The largest absolute Gasteiger partial charge is 0.397 e. The van der Waals surface area contributed by atoms with Gasteiger partial charge in [0, 0.05) is 6.20 Å². The highest BCUT2D eigenvalue weighted by Crippen LogP contribution is 2.20.